The van der Waals surface area contributed by atoms with Gasteiger partial charge in [0, 0.05) is 24.1 Å². The Morgan fingerprint density at radius 2 is 1.62 bits per heavy atom. The molecule has 4 atom stereocenters. The van der Waals surface area contributed by atoms with Crippen LogP contribution in [0.3, 0.4) is 0 Å². The lowest BCUT2D eigenvalue weighted by atomic mass is 10.0. The number of hydrogen-bond donors (Lipinski definition) is 8. The predicted octanol–water partition coefficient (Wildman–Crippen LogP) is -2.72. The van der Waals surface area contributed by atoms with Crippen molar-refractivity contribution in [1.29, 1.82) is 0 Å². The Bertz CT molecular complexity index is 817. The molecule has 0 radical (unpaired) electrons. The van der Waals surface area contributed by atoms with Gasteiger partial charge in [-0.15, -0.1) is 0 Å². The molecule has 1 rings (SSSR count). The van der Waals surface area contributed by atoms with Gasteiger partial charge in [0.25, 0.3) is 0 Å². The molecule has 0 saturated heterocycles. The van der Waals surface area contributed by atoms with Crippen molar-refractivity contribution in [1.82, 2.24) is 25.9 Å². The minimum absolute atomic E-state index is 0.0122. The van der Waals surface area contributed by atoms with Crippen LogP contribution in [0.2, 0.25) is 0 Å². The lowest BCUT2D eigenvalue weighted by Crippen LogP contribution is -2.58. The summed E-state index contributed by atoms with van der Waals surface area (Å²) in [5, 5.41) is 16.1. The van der Waals surface area contributed by atoms with Crippen molar-refractivity contribution in [3.8, 4) is 0 Å². The van der Waals surface area contributed by atoms with E-state index in [0.717, 1.165) is 0 Å². The molecular weight excluding hydrogens is 442 g/mol. The summed E-state index contributed by atoms with van der Waals surface area (Å²) in [6.07, 6.45) is 2.24. The molecular formula is C18H29N7O6S. The number of aliphatic carboxylic acids is 1. The Morgan fingerprint density at radius 1 is 1.06 bits per heavy atom. The van der Waals surface area contributed by atoms with Crippen LogP contribution in [0.15, 0.2) is 12.5 Å². The first kappa shape index (κ1) is 26.9. The quantitative estimate of drug-likeness (QED) is 0.141. The van der Waals surface area contributed by atoms with E-state index in [4.69, 9.17) is 16.6 Å². The average molecular weight is 472 g/mol. The van der Waals surface area contributed by atoms with Gasteiger partial charge in [-0.25, -0.2) is 9.78 Å². The summed E-state index contributed by atoms with van der Waals surface area (Å²) in [4.78, 5) is 67.0. The van der Waals surface area contributed by atoms with Crippen LogP contribution in [0.1, 0.15) is 26.0 Å². The molecule has 178 valence electrons. The molecule has 0 bridgehead atoms. The number of nitrogens with one attached hydrogen (secondary N) is 4. The lowest BCUT2D eigenvalue weighted by Gasteiger charge is -2.25. The number of thiol groups is 1. The zero-order chi connectivity index (χ0) is 24.4. The van der Waals surface area contributed by atoms with E-state index in [2.05, 4.69) is 38.5 Å². The SMILES string of the molecule is CC(C)C(N)C(=O)NC(Cc1cnc[nH]1)C(=O)NC(CC(N)=O)C(=O)NC(CS)C(=O)O. The number of primary amides is 1. The summed E-state index contributed by atoms with van der Waals surface area (Å²) in [5.74, 6) is -5.00. The zero-order valence-electron chi connectivity index (χ0n) is 17.7. The number of aromatic nitrogens is 2. The van der Waals surface area contributed by atoms with E-state index in [1.165, 1.54) is 12.5 Å². The van der Waals surface area contributed by atoms with Crippen LogP contribution in [0.25, 0.3) is 0 Å². The molecule has 14 heteroatoms. The van der Waals surface area contributed by atoms with E-state index in [9.17, 15) is 24.0 Å². The maximum Gasteiger partial charge on any atom is 0.327 e. The molecule has 0 spiro atoms. The third-order valence-corrected chi connectivity index (χ3v) is 4.83. The maximum absolute atomic E-state index is 12.9. The Labute approximate surface area is 189 Å². The number of imidazole rings is 1. The van der Waals surface area contributed by atoms with Crippen molar-refractivity contribution < 1.29 is 29.1 Å². The summed E-state index contributed by atoms with van der Waals surface area (Å²) < 4.78 is 0. The van der Waals surface area contributed by atoms with Gasteiger partial charge in [-0.05, 0) is 5.92 Å². The molecule has 0 aliphatic rings. The lowest BCUT2D eigenvalue weighted by molar-refractivity contribution is -0.141. The molecule has 0 aliphatic carbocycles. The molecule has 0 aliphatic heterocycles. The Kier molecular flexibility index (Phi) is 10.6. The minimum Gasteiger partial charge on any atom is -0.480 e. The Balaban J connectivity index is 3.04. The first-order valence-electron chi connectivity index (χ1n) is 9.72. The fourth-order valence-electron chi connectivity index (χ4n) is 2.54. The highest BCUT2D eigenvalue weighted by molar-refractivity contribution is 7.80. The summed E-state index contributed by atoms with van der Waals surface area (Å²) in [5.41, 5.74) is 11.5. The van der Waals surface area contributed by atoms with Gasteiger partial charge < -0.3 is 37.5 Å². The molecule has 9 N–H and O–H groups in total. The van der Waals surface area contributed by atoms with Crippen LogP contribution < -0.4 is 27.4 Å². The van der Waals surface area contributed by atoms with Crippen molar-refractivity contribution in [2.24, 2.45) is 17.4 Å². The highest BCUT2D eigenvalue weighted by atomic mass is 32.1. The largest absolute Gasteiger partial charge is 0.480 e. The van der Waals surface area contributed by atoms with Crippen LogP contribution in [0.4, 0.5) is 0 Å². The first-order valence-corrected chi connectivity index (χ1v) is 10.3. The van der Waals surface area contributed by atoms with E-state index < -0.39 is 60.2 Å². The molecule has 0 saturated carbocycles. The smallest absolute Gasteiger partial charge is 0.327 e. The van der Waals surface area contributed by atoms with Crippen molar-refractivity contribution in [2.75, 3.05) is 5.75 Å². The third-order valence-electron chi connectivity index (χ3n) is 4.47. The van der Waals surface area contributed by atoms with E-state index in [1.807, 2.05) is 0 Å². The van der Waals surface area contributed by atoms with E-state index in [-0.39, 0.29) is 18.1 Å². The van der Waals surface area contributed by atoms with Gasteiger partial charge >= 0.3 is 5.97 Å². The number of carboxylic acid groups (broad SMARTS) is 1. The van der Waals surface area contributed by atoms with Gasteiger partial charge in [-0.3, -0.25) is 19.2 Å². The fourth-order valence-corrected chi connectivity index (χ4v) is 2.78. The van der Waals surface area contributed by atoms with E-state index in [1.54, 1.807) is 13.8 Å². The second-order valence-electron chi connectivity index (χ2n) is 7.43. The first-order chi connectivity index (χ1) is 15.0. The zero-order valence-corrected chi connectivity index (χ0v) is 18.6. The van der Waals surface area contributed by atoms with Gasteiger partial charge in [0.05, 0.1) is 18.8 Å². The number of nitrogens with zero attached hydrogens (tertiary/aromatic N) is 1. The molecule has 13 nitrogen and oxygen atoms in total. The standard InChI is InChI=1S/C18H29N7O6S/c1-8(2)14(20)17(29)24-10(3-9-5-21-7-22-9)15(27)23-11(4-13(19)26)16(28)25-12(6-32)18(30)31/h5,7-8,10-12,14,32H,3-4,6,20H2,1-2H3,(H2,19,26)(H,21,22)(H,23,27)(H,24,29)(H,25,28)(H,30,31). The third kappa shape index (κ3) is 8.55. The normalized spacial score (nSPS) is 14.7. The van der Waals surface area contributed by atoms with Crippen LogP contribution in [-0.4, -0.2) is 74.6 Å². The highest BCUT2D eigenvalue weighted by Gasteiger charge is 2.31. The van der Waals surface area contributed by atoms with Gasteiger partial charge in [0.2, 0.25) is 23.6 Å². The maximum atomic E-state index is 12.9. The molecule has 1 heterocycles. The van der Waals surface area contributed by atoms with E-state index >= 15 is 0 Å². The number of H-pyrrole nitrogens is 1. The average Bonchev–Trinajstić information content (AvgIpc) is 3.22. The van der Waals surface area contributed by atoms with Gasteiger partial charge in [-0.1, -0.05) is 13.8 Å². The van der Waals surface area contributed by atoms with Crippen molar-refractivity contribution in [3.63, 3.8) is 0 Å². The number of rotatable bonds is 13. The number of nitrogens with two attached hydrogens (primary N) is 2. The summed E-state index contributed by atoms with van der Waals surface area (Å²) >= 11 is 3.85. The number of carboxylic acids is 1. The molecule has 4 amide bonds. The number of carbonyl (C=O) groups excluding carboxylic acids is 4. The minimum atomic E-state index is -1.47. The topological polar surface area (TPSA) is 222 Å². The van der Waals surface area contributed by atoms with Crippen molar-refractivity contribution in [2.45, 2.75) is 50.9 Å². The van der Waals surface area contributed by atoms with Crippen LogP contribution in [0.5, 0.6) is 0 Å². The second kappa shape index (κ2) is 12.7. The Hall–Kier alpha value is -3.13. The molecule has 32 heavy (non-hydrogen) atoms. The van der Waals surface area contributed by atoms with Crippen LogP contribution in [0, 0.1) is 5.92 Å². The summed E-state index contributed by atoms with van der Waals surface area (Å²) in [6, 6.07) is -4.87. The van der Waals surface area contributed by atoms with Crippen LogP contribution >= 0.6 is 12.6 Å². The van der Waals surface area contributed by atoms with Crippen LogP contribution in [-0.2, 0) is 30.4 Å². The number of carbonyl (C=O) groups is 5. The molecule has 0 fully saturated rings. The van der Waals surface area contributed by atoms with Crippen molar-refractivity contribution >= 4 is 42.2 Å². The van der Waals surface area contributed by atoms with E-state index in [0.29, 0.717) is 5.69 Å². The fraction of sp³-hybridized carbons (Fsp3) is 0.556. The van der Waals surface area contributed by atoms with Gasteiger partial charge in [0.15, 0.2) is 0 Å². The highest BCUT2D eigenvalue weighted by Crippen LogP contribution is 2.04. The van der Waals surface area contributed by atoms with Crippen molar-refractivity contribution in [3.05, 3.63) is 18.2 Å². The number of amides is 4. The van der Waals surface area contributed by atoms with Gasteiger partial charge in [-0.2, -0.15) is 12.6 Å². The second-order valence-corrected chi connectivity index (χ2v) is 7.79. The molecule has 4 unspecified atom stereocenters. The number of aromatic amines is 1. The summed E-state index contributed by atoms with van der Waals surface area (Å²) in [7, 11) is 0. The molecule has 1 aromatic rings. The number of hydrogen-bond acceptors (Lipinski definition) is 8. The summed E-state index contributed by atoms with van der Waals surface area (Å²) in [6.45, 7) is 3.48. The van der Waals surface area contributed by atoms with Gasteiger partial charge in [0.1, 0.15) is 18.1 Å². The Morgan fingerprint density at radius 3 is 2.09 bits per heavy atom. The molecule has 1 aromatic heterocycles. The predicted molar refractivity (Wildman–Crippen MR) is 116 cm³/mol. The molecule has 0 aromatic carbocycles. The monoisotopic (exact) mass is 471 g/mol.